The number of hydrogen-bond acceptors (Lipinski definition) is 10. The normalized spacial score (nSPS) is 26.3. The van der Waals surface area contributed by atoms with Crippen LogP contribution in [0.25, 0.3) is 0 Å². The van der Waals surface area contributed by atoms with Crippen molar-refractivity contribution in [2.45, 2.75) is 68.4 Å². The fraction of sp³-hybridized carbons (Fsp3) is 0.706. The van der Waals surface area contributed by atoms with E-state index in [9.17, 15) is 19.2 Å². The topological polar surface area (TPSA) is 138 Å². The van der Waals surface area contributed by atoms with E-state index >= 15 is 0 Å². The van der Waals surface area contributed by atoms with Crippen molar-refractivity contribution in [1.29, 1.82) is 5.41 Å². The summed E-state index contributed by atoms with van der Waals surface area (Å²) in [7, 11) is 0. The molecule has 2 unspecified atom stereocenters. The first-order valence-electron chi connectivity index (χ1n) is 8.67. The van der Waals surface area contributed by atoms with Crippen molar-refractivity contribution in [2.75, 3.05) is 6.61 Å². The quantitative estimate of drug-likeness (QED) is 0.245. The molecule has 0 aromatic carbocycles. The van der Waals surface area contributed by atoms with Gasteiger partial charge in [0.1, 0.15) is 18.8 Å². The molecule has 10 nitrogen and oxygen atoms in total. The number of carbonyl (C=O) groups excluding carboxylic acids is 4. The van der Waals surface area contributed by atoms with Crippen molar-refractivity contribution in [1.82, 2.24) is 0 Å². The third-order valence-electron chi connectivity index (χ3n) is 3.83. The number of halogens is 3. The maximum Gasteiger partial charge on any atom is 0.303 e. The molecule has 1 aliphatic rings. The van der Waals surface area contributed by atoms with Crippen LogP contribution in [0.5, 0.6) is 0 Å². The fourth-order valence-corrected chi connectivity index (χ4v) is 3.03. The van der Waals surface area contributed by atoms with Gasteiger partial charge in [0.15, 0.2) is 18.3 Å². The van der Waals surface area contributed by atoms with Crippen molar-refractivity contribution in [3.05, 3.63) is 0 Å². The Balaban J connectivity index is 3.37. The number of hydrogen-bond donors (Lipinski definition) is 1. The minimum Gasteiger partial charge on any atom is -0.463 e. The zero-order valence-corrected chi connectivity index (χ0v) is 18.9. The number of rotatable bonds is 7. The van der Waals surface area contributed by atoms with Crippen molar-refractivity contribution in [3.8, 4) is 0 Å². The molecule has 0 spiro atoms. The number of esters is 4. The maximum atomic E-state index is 11.7. The first-order chi connectivity index (χ1) is 13.7. The summed E-state index contributed by atoms with van der Waals surface area (Å²) in [6.07, 6.45) is -6.53. The summed E-state index contributed by atoms with van der Waals surface area (Å²) in [5, 5.41) is 7.96. The average Bonchev–Trinajstić information content (AvgIpc) is 2.56. The molecule has 30 heavy (non-hydrogen) atoms. The van der Waals surface area contributed by atoms with Crippen LogP contribution in [-0.4, -0.2) is 70.5 Å². The molecule has 1 fully saturated rings. The summed E-state index contributed by atoms with van der Waals surface area (Å²) in [6.45, 7) is 4.10. The van der Waals surface area contributed by atoms with Gasteiger partial charge in [0, 0.05) is 34.1 Å². The van der Waals surface area contributed by atoms with E-state index in [1.54, 1.807) is 0 Å². The molecule has 1 aliphatic heterocycles. The lowest BCUT2D eigenvalue weighted by molar-refractivity contribution is -0.251. The lowest BCUT2D eigenvalue weighted by atomic mass is 9.91. The number of alkyl halides is 3. The van der Waals surface area contributed by atoms with Gasteiger partial charge in [-0.15, -0.1) is 0 Å². The van der Waals surface area contributed by atoms with Crippen LogP contribution in [0.4, 0.5) is 0 Å². The minimum atomic E-state index is -2.07. The first kappa shape index (κ1) is 26.4. The monoisotopic (exact) mass is 489 g/mol. The van der Waals surface area contributed by atoms with E-state index < -0.39 is 63.9 Å². The van der Waals surface area contributed by atoms with E-state index in [4.69, 9.17) is 63.9 Å². The lowest BCUT2D eigenvalue weighted by Gasteiger charge is -2.44. The number of ether oxygens (including phenoxy) is 5. The summed E-state index contributed by atoms with van der Waals surface area (Å²) in [6, 6.07) is 0. The van der Waals surface area contributed by atoms with Gasteiger partial charge in [0.05, 0.1) is 5.71 Å². The highest BCUT2D eigenvalue weighted by Crippen LogP contribution is 2.35. The molecule has 0 saturated carbocycles. The van der Waals surface area contributed by atoms with E-state index in [2.05, 4.69) is 0 Å². The fourth-order valence-electron chi connectivity index (χ4n) is 2.80. The molecular formula is C17H22Cl3NO9. The molecule has 13 heteroatoms. The van der Waals surface area contributed by atoms with Gasteiger partial charge in [-0.05, 0) is 0 Å². The third kappa shape index (κ3) is 8.25. The minimum absolute atomic E-state index is 0.338. The SMILES string of the molecule is CC(=O)OCC1O[C@H](CC(=N)C(Cl)(Cl)Cl)C(OC(C)=O)[C@@H](OC(C)=O)[C@H]1OC(C)=O. The first-order valence-corrected chi connectivity index (χ1v) is 9.80. The van der Waals surface area contributed by atoms with Crippen LogP contribution in [0.15, 0.2) is 0 Å². The average molecular weight is 491 g/mol. The maximum absolute atomic E-state index is 11.7. The summed E-state index contributed by atoms with van der Waals surface area (Å²) >= 11 is 17.2. The van der Waals surface area contributed by atoms with E-state index in [0.717, 1.165) is 27.7 Å². The Bertz CT molecular complexity index is 694. The van der Waals surface area contributed by atoms with Crippen molar-refractivity contribution in [3.63, 3.8) is 0 Å². The van der Waals surface area contributed by atoms with Crippen molar-refractivity contribution in [2.24, 2.45) is 0 Å². The summed E-state index contributed by atoms with van der Waals surface area (Å²) in [5.41, 5.74) is -0.395. The summed E-state index contributed by atoms with van der Waals surface area (Å²) in [5.74, 6) is -2.91. The molecule has 170 valence electrons. The van der Waals surface area contributed by atoms with Crippen LogP contribution >= 0.6 is 34.8 Å². The Morgan fingerprint density at radius 1 is 0.800 bits per heavy atom. The number of nitrogens with one attached hydrogen (secondary N) is 1. The van der Waals surface area contributed by atoms with E-state index in [0.29, 0.717) is 0 Å². The molecule has 1 saturated heterocycles. The van der Waals surface area contributed by atoms with Crippen LogP contribution in [-0.2, 0) is 42.9 Å². The summed E-state index contributed by atoms with van der Waals surface area (Å²) in [4.78, 5) is 46.2. The number of carbonyl (C=O) groups is 4. The molecule has 1 heterocycles. The molecule has 1 N–H and O–H groups in total. The Hall–Kier alpha value is -1.62. The second-order valence-electron chi connectivity index (χ2n) is 6.42. The molecule has 0 amide bonds. The molecule has 5 atom stereocenters. The van der Waals surface area contributed by atoms with Gasteiger partial charge in [-0.2, -0.15) is 0 Å². The predicted octanol–water partition coefficient (Wildman–Crippen LogP) is 1.89. The molecule has 0 radical (unpaired) electrons. The highest BCUT2D eigenvalue weighted by atomic mass is 35.6. The zero-order chi connectivity index (χ0) is 23.2. The van der Waals surface area contributed by atoms with Crippen LogP contribution in [0.2, 0.25) is 0 Å². The molecule has 1 rings (SSSR count). The highest BCUT2D eigenvalue weighted by molar-refractivity contribution is 6.76. The molecule has 0 aromatic rings. The van der Waals surface area contributed by atoms with Crippen molar-refractivity contribution < 1.29 is 42.9 Å². The Morgan fingerprint density at radius 3 is 1.63 bits per heavy atom. The van der Waals surface area contributed by atoms with Gasteiger partial charge in [-0.3, -0.25) is 19.2 Å². The van der Waals surface area contributed by atoms with E-state index in [-0.39, 0.29) is 13.0 Å². The molecular weight excluding hydrogens is 469 g/mol. The largest absolute Gasteiger partial charge is 0.463 e. The van der Waals surface area contributed by atoms with Gasteiger partial charge in [0.2, 0.25) is 3.79 Å². The van der Waals surface area contributed by atoms with Crippen LogP contribution in [0.1, 0.15) is 34.1 Å². The zero-order valence-electron chi connectivity index (χ0n) is 16.6. The van der Waals surface area contributed by atoms with Crippen LogP contribution < -0.4 is 0 Å². The lowest BCUT2D eigenvalue weighted by Crippen LogP contribution is -2.62. The van der Waals surface area contributed by atoms with Gasteiger partial charge in [0.25, 0.3) is 0 Å². The van der Waals surface area contributed by atoms with E-state index in [1.807, 2.05) is 0 Å². The van der Waals surface area contributed by atoms with Gasteiger partial charge in [-0.25, -0.2) is 0 Å². The smallest absolute Gasteiger partial charge is 0.303 e. The second-order valence-corrected chi connectivity index (χ2v) is 8.70. The Kier molecular flexibility index (Phi) is 9.80. The Labute approximate surface area is 187 Å². The van der Waals surface area contributed by atoms with Crippen LogP contribution in [0, 0.1) is 5.41 Å². The third-order valence-corrected chi connectivity index (χ3v) is 4.52. The standard InChI is InChI=1S/C17H22Cl3NO9/c1-7(22)26-6-12-15(28-9(3)24)16(29-10(4)25)14(27-8(2)23)11(30-12)5-13(21)17(18,19)20/h11-12,14-16,21H,5-6H2,1-4H3/t11-,12?,14?,15+,16-/m1/s1. The Morgan fingerprint density at radius 2 is 1.23 bits per heavy atom. The van der Waals surface area contributed by atoms with Crippen LogP contribution in [0.3, 0.4) is 0 Å². The van der Waals surface area contributed by atoms with Crippen molar-refractivity contribution >= 4 is 64.4 Å². The molecule has 0 bridgehead atoms. The highest BCUT2D eigenvalue weighted by Gasteiger charge is 2.52. The molecule has 0 aromatic heterocycles. The van der Waals surface area contributed by atoms with Gasteiger partial charge >= 0.3 is 23.9 Å². The summed E-state index contributed by atoms with van der Waals surface area (Å²) < 4.78 is 24.4. The second kappa shape index (κ2) is 11.1. The van der Waals surface area contributed by atoms with Gasteiger partial charge < -0.3 is 29.1 Å². The molecule has 0 aliphatic carbocycles. The van der Waals surface area contributed by atoms with Gasteiger partial charge in [-0.1, -0.05) is 34.8 Å². The van der Waals surface area contributed by atoms with E-state index in [1.165, 1.54) is 0 Å². The predicted molar refractivity (Wildman–Crippen MR) is 105 cm³/mol.